The van der Waals surface area contributed by atoms with E-state index in [0.717, 1.165) is 38.4 Å². The number of anilines is 1. The number of hydrogen-bond donors (Lipinski definition) is 1. The van der Waals surface area contributed by atoms with E-state index in [-0.39, 0.29) is 5.91 Å². The van der Waals surface area contributed by atoms with Gasteiger partial charge in [0, 0.05) is 63.0 Å². The Bertz CT molecular complexity index is 583. The normalized spacial score (nSPS) is 15.7. The third kappa shape index (κ3) is 3.05. The molecule has 0 aromatic carbocycles. The lowest BCUT2D eigenvalue weighted by Crippen LogP contribution is -2.26. The van der Waals surface area contributed by atoms with Crippen molar-refractivity contribution in [2.75, 3.05) is 18.4 Å². The van der Waals surface area contributed by atoms with Gasteiger partial charge in [-0.05, 0) is 0 Å². The molecule has 20 heavy (non-hydrogen) atoms. The first kappa shape index (κ1) is 13.3. The average Bonchev–Trinajstić information content (AvgIpc) is 2.98. The van der Waals surface area contributed by atoms with Crippen LogP contribution in [0.4, 0.5) is 5.13 Å². The standard InChI is InChI=1S/C13H17N5OS/c1-10(19)16-13-15-8-11(20-13)9-17-4-2-12-14-3-5-18(12)7-6-17/h3,5,8H,2,4,6-7,9H2,1H3,(H,15,16,19). The third-order valence-corrected chi connectivity index (χ3v) is 4.22. The predicted octanol–water partition coefficient (Wildman–Crippen LogP) is 1.36. The van der Waals surface area contributed by atoms with Crippen LogP contribution in [0.3, 0.4) is 0 Å². The molecule has 7 heteroatoms. The summed E-state index contributed by atoms with van der Waals surface area (Å²) in [5.74, 6) is 1.09. The summed E-state index contributed by atoms with van der Waals surface area (Å²) in [6.07, 6.45) is 6.73. The Hall–Kier alpha value is -1.73. The molecule has 0 saturated heterocycles. The highest BCUT2D eigenvalue weighted by Gasteiger charge is 2.15. The zero-order chi connectivity index (χ0) is 13.9. The Morgan fingerprint density at radius 2 is 2.30 bits per heavy atom. The third-order valence-electron chi connectivity index (χ3n) is 3.33. The monoisotopic (exact) mass is 291 g/mol. The number of rotatable bonds is 3. The van der Waals surface area contributed by atoms with Gasteiger partial charge in [0.15, 0.2) is 5.13 Å². The summed E-state index contributed by atoms with van der Waals surface area (Å²) in [4.78, 5) is 23.2. The van der Waals surface area contributed by atoms with Gasteiger partial charge in [-0.2, -0.15) is 0 Å². The predicted molar refractivity (Wildman–Crippen MR) is 77.6 cm³/mol. The number of aromatic nitrogens is 3. The molecule has 3 heterocycles. The van der Waals surface area contributed by atoms with E-state index in [1.165, 1.54) is 11.8 Å². The van der Waals surface area contributed by atoms with Gasteiger partial charge in [0.05, 0.1) is 0 Å². The SMILES string of the molecule is CC(=O)Nc1ncc(CN2CCc3nccn3CC2)s1. The van der Waals surface area contributed by atoms with E-state index in [9.17, 15) is 4.79 Å². The second kappa shape index (κ2) is 5.72. The second-order valence-corrected chi connectivity index (χ2v) is 5.99. The maximum absolute atomic E-state index is 11.0. The molecule has 1 amide bonds. The number of imidazole rings is 1. The first-order chi connectivity index (χ1) is 9.70. The lowest BCUT2D eigenvalue weighted by molar-refractivity contribution is -0.114. The first-order valence-corrected chi connectivity index (χ1v) is 7.47. The van der Waals surface area contributed by atoms with Crippen LogP contribution in [0.2, 0.25) is 0 Å². The molecule has 2 aromatic rings. The van der Waals surface area contributed by atoms with Crippen molar-refractivity contribution in [3.8, 4) is 0 Å². The van der Waals surface area contributed by atoms with Crippen molar-refractivity contribution in [3.05, 3.63) is 29.3 Å². The van der Waals surface area contributed by atoms with E-state index in [1.807, 2.05) is 18.6 Å². The Morgan fingerprint density at radius 3 is 3.15 bits per heavy atom. The Morgan fingerprint density at radius 1 is 1.40 bits per heavy atom. The zero-order valence-corrected chi connectivity index (χ0v) is 12.2. The minimum absolute atomic E-state index is 0.0777. The fourth-order valence-electron chi connectivity index (χ4n) is 2.36. The molecule has 6 nitrogen and oxygen atoms in total. The molecule has 0 saturated carbocycles. The molecule has 2 aromatic heterocycles. The summed E-state index contributed by atoms with van der Waals surface area (Å²) in [7, 11) is 0. The van der Waals surface area contributed by atoms with Crippen LogP contribution in [-0.4, -0.2) is 38.4 Å². The number of thiazole rings is 1. The highest BCUT2D eigenvalue weighted by Crippen LogP contribution is 2.20. The molecule has 1 aliphatic heterocycles. The molecule has 0 atom stereocenters. The Labute approximate surface area is 121 Å². The Kier molecular flexibility index (Phi) is 3.79. The summed E-state index contributed by atoms with van der Waals surface area (Å²) < 4.78 is 2.22. The summed E-state index contributed by atoms with van der Waals surface area (Å²) in [6.45, 7) is 5.37. The van der Waals surface area contributed by atoms with E-state index in [4.69, 9.17) is 0 Å². The van der Waals surface area contributed by atoms with Gasteiger partial charge < -0.3 is 9.88 Å². The van der Waals surface area contributed by atoms with Crippen molar-refractivity contribution in [3.63, 3.8) is 0 Å². The molecule has 0 unspecified atom stereocenters. The number of nitrogens with one attached hydrogen (secondary N) is 1. The smallest absolute Gasteiger partial charge is 0.223 e. The second-order valence-electron chi connectivity index (χ2n) is 4.88. The molecule has 0 spiro atoms. The number of amides is 1. The summed E-state index contributed by atoms with van der Waals surface area (Å²) in [5.41, 5.74) is 0. The van der Waals surface area contributed by atoms with E-state index < -0.39 is 0 Å². The fraction of sp³-hybridized carbons (Fsp3) is 0.462. The number of nitrogens with zero attached hydrogens (tertiary/aromatic N) is 4. The largest absolute Gasteiger partial charge is 0.334 e. The molecule has 0 radical (unpaired) electrons. The molecule has 3 rings (SSSR count). The highest BCUT2D eigenvalue weighted by atomic mass is 32.1. The fourth-order valence-corrected chi connectivity index (χ4v) is 3.26. The van der Waals surface area contributed by atoms with Crippen molar-refractivity contribution in [1.82, 2.24) is 19.4 Å². The van der Waals surface area contributed by atoms with Crippen LogP contribution in [0.25, 0.3) is 0 Å². The molecule has 0 bridgehead atoms. The quantitative estimate of drug-likeness (QED) is 0.927. The maximum atomic E-state index is 11.0. The van der Waals surface area contributed by atoms with Crippen molar-refractivity contribution in [2.24, 2.45) is 0 Å². The van der Waals surface area contributed by atoms with Crippen LogP contribution in [-0.2, 0) is 24.3 Å². The van der Waals surface area contributed by atoms with Crippen molar-refractivity contribution >= 4 is 22.4 Å². The number of carbonyl (C=O) groups is 1. The van der Waals surface area contributed by atoms with E-state index in [1.54, 1.807) is 11.3 Å². The van der Waals surface area contributed by atoms with Crippen molar-refractivity contribution in [1.29, 1.82) is 0 Å². The van der Waals surface area contributed by atoms with E-state index in [0.29, 0.717) is 5.13 Å². The van der Waals surface area contributed by atoms with Gasteiger partial charge in [-0.3, -0.25) is 9.69 Å². The minimum Gasteiger partial charge on any atom is -0.334 e. The summed E-state index contributed by atoms with van der Waals surface area (Å²) >= 11 is 1.54. The van der Waals surface area contributed by atoms with Crippen molar-refractivity contribution in [2.45, 2.75) is 26.4 Å². The van der Waals surface area contributed by atoms with Crippen LogP contribution in [0, 0.1) is 0 Å². The van der Waals surface area contributed by atoms with E-state index >= 15 is 0 Å². The molecular weight excluding hydrogens is 274 g/mol. The van der Waals surface area contributed by atoms with Crippen LogP contribution in [0.1, 0.15) is 17.6 Å². The van der Waals surface area contributed by atoms with Crippen LogP contribution < -0.4 is 5.32 Å². The van der Waals surface area contributed by atoms with Crippen LogP contribution in [0.5, 0.6) is 0 Å². The minimum atomic E-state index is -0.0777. The Balaban J connectivity index is 1.60. The maximum Gasteiger partial charge on any atom is 0.223 e. The van der Waals surface area contributed by atoms with Crippen molar-refractivity contribution < 1.29 is 4.79 Å². The van der Waals surface area contributed by atoms with Gasteiger partial charge in [-0.25, -0.2) is 9.97 Å². The molecule has 1 N–H and O–H groups in total. The van der Waals surface area contributed by atoms with Gasteiger partial charge in [0.2, 0.25) is 5.91 Å². The zero-order valence-electron chi connectivity index (χ0n) is 11.4. The number of fused-ring (bicyclic) bond motifs is 1. The van der Waals surface area contributed by atoms with Crippen LogP contribution >= 0.6 is 11.3 Å². The van der Waals surface area contributed by atoms with Gasteiger partial charge >= 0.3 is 0 Å². The van der Waals surface area contributed by atoms with Gasteiger partial charge in [0.1, 0.15) is 5.82 Å². The van der Waals surface area contributed by atoms with Gasteiger partial charge in [-0.15, -0.1) is 11.3 Å². The lowest BCUT2D eigenvalue weighted by atomic mass is 10.3. The molecule has 106 valence electrons. The van der Waals surface area contributed by atoms with Crippen LogP contribution in [0.15, 0.2) is 18.6 Å². The summed E-state index contributed by atoms with van der Waals surface area (Å²) in [6, 6.07) is 0. The summed E-state index contributed by atoms with van der Waals surface area (Å²) in [5, 5.41) is 3.40. The topological polar surface area (TPSA) is 63.1 Å². The number of hydrogen-bond acceptors (Lipinski definition) is 5. The molecular formula is C13H17N5OS. The number of carbonyl (C=O) groups excluding carboxylic acids is 1. The van der Waals surface area contributed by atoms with Gasteiger partial charge in [0.25, 0.3) is 0 Å². The average molecular weight is 291 g/mol. The van der Waals surface area contributed by atoms with Gasteiger partial charge in [-0.1, -0.05) is 0 Å². The molecule has 1 aliphatic rings. The molecule has 0 fully saturated rings. The lowest BCUT2D eigenvalue weighted by Gasteiger charge is -2.17. The van der Waals surface area contributed by atoms with E-state index in [2.05, 4.69) is 24.8 Å². The first-order valence-electron chi connectivity index (χ1n) is 6.65. The molecule has 0 aliphatic carbocycles. The highest BCUT2D eigenvalue weighted by molar-refractivity contribution is 7.15.